The summed E-state index contributed by atoms with van der Waals surface area (Å²) in [6.45, 7) is 9.52. The van der Waals surface area contributed by atoms with E-state index in [2.05, 4.69) is 67.5 Å². The number of piperidine rings is 2. The average Bonchev–Trinajstić information content (AvgIpc) is 3.35. The molecule has 3 aliphatic rings. The van der Waals surface area contributed by atoms with Crippen LogP contribution in [0.25, 0.3) is 11.1 Å². The average molecular weight is 649 g/mol. The Kier molecular flexibility index (Phi) is 10.6. The molecule has 2 saturated heterocycles. The van der Waals surface area contributed by atoms with Crippen LogP contribution in [-0.4, -0.2) is 59.6 Å². The van der Waals surface area contributed by atoms with Crippen LogP contribution in [0.2, 0.25) is 0 Å². The van der Waals surface area contributed by atoms with E-state index in [1.54, 1.807) is 9.80 Å². The Balaban J connectivity index is 1.35. The van der Waals surface area contributed by atoms with Gasteiger partial charge in [-0.3, -0.25) is 9.68 Å². The van der Waals surface area contributed by atoms with E-state index >= 15 is 0 Å². The molecule has 3 aromatic rings. The number of nitrogens with zero attached hydrogens (tertiary/aromatic N) is 4. The molecule has 48 heavy (non-hydrogen) atoms. The normalized spacial score (nSPS) is 17.5. The molecule has 2 amide bonds. The molecule has 8 heteroatoms. The summed E-state index contributed by atoms with van der Waals surface area (Å²) in [5.41, 5.74) is 8.56. The number of benzene rings is 3. The Morgan fingerprint density at radius 1 is 0.667 bits per heavy atom. The largest absolute Gasteiger partial charge is 0.435 e. The van der Waals surface area contributed by atoms with Crippen molar-refractivity contribution in [2.75, 3.05) is 26.2 Å². The highest BCUT2D eigenvalue weighted by Gasteiger charge is 2.36. The zero-order chi connectivity index (χ0) is 33.5. The fourth-order valence-electron chi connectivity index (χ4n) is 7.20. The number of hydrogen-bond acceptors (Lipinski definition) is 6. The zero-order valence-corrected chi connectivity index (χ0v) is 28.7. The fraction of sp³-hybridized carbons (Fsp3) is 0.450. The molecule has 252 valence electrons. The van der Waals surface area contributed by atoms with Gasteiger partial charge in [-0.2, -0.15) is 0 Å². The van der Waals surface area contributed by atoms with Crippen LogP contribution in [-0.2, 0) is 15.1 Å². The fourth-order valence-corrected chi connectivity index (χ4v) is 7.20. The van der Waals surface area contributed by atoms with Gasteiger partial charge in [-0.1, -0.05) is 98.5 Å². The summed E-state index contributed by atoms with van der Waals surface area (Å²) in [5, 5.41) is 8.96. The maximum Gasteiger partial charge on any atom is 0.435 e. The zero-order valence-electron chi connectivity index (χ0n) is 28.7. The molecule has 6 rings (SSSR count). The van der Waals surface area contributed by atoms with E-state index in [-0.39, 0.29) is 11.5 Å². The van der Waals surface area contributed by atoms with Gasteiger partial charge >= 0.3 is 12.2 Å². The van der Waals surface area contributed by atoms with E-state index in [4.69, 9.17) is 9.68 Å². The van der Waals surface area contributed by atoms with Crippen molar-refractivity contribution in [3.8, 4) is 11.1 Å². The molecule has 8 nitrogen and oxygen atoms in total. The molecule has 2 aliphatic heterocycles. The van der Waals surface area contributed by atoms with E-state index in [0.717, 1.165) is 111 Å². The molecule has 0 spiro atoms. The highest BCUT2D eigenvalue weighted by molar-refractivity contribution is 6.13. The summed E-state index contributed by atoms with van der Waals surface area (Å²) >= 11 is 0. The molecule has 3 aromatic carbocycles. The molecule has 0 atom stereocenters. The molecular formula is C40H48N4O4. The minimum Gasteiger partial charge on any atom is -0.306 e. The Hall–Kier alpha value is -4.46. The quantitative estimate of drug-likeness (QED) is 0.100. The van der Waals surface area contributed by atoms with Crippen LogP contribution >= 0.6 is 0 Å². The van der Waals surface area contributed by atoms with Crippen LogP contribution in [0.1, 0.15) is 113 Å². The minimum atomic E-state index is -0.406. The van der Waals surface area contributed by atoms with Crippen molar-refractivity contribution in [2.45, 2.75) is 90.4 Å². The topological polar surface area (TPSA) is 83.8 Å². The molecule has 0 radical (unpaired) electrons. The number of rotatable bonds is 9. The van der Waals surface area contributed by atoms with Crippen LogP contribution in [0.3, 0.4) is 0 Å². The molecular weight excluding hydrogens is 600 g/mol. The standard InChI is InChI=1S/C40H48N4O4/c1-4-5-9-18-36(41-47-38(45)43-23-12-7-13-24-43)30-19-21-34-32(27-30)33-28-31(20-22-35(33)40(34,2)3)37(29-16-10-6-11-17-29)42-48-39(46)44-25-14-8-15-26-44/h6,10-11,16-17,19-22,27-28H,4-5,7-9,12-15,18,23-26H2,1-3H3/b41-36+,42-37+. The van der Waals surface area contributed by atoms with E-state index in [1.807, 2.05) is 30.3 Å². The van der Waals surface area contributed by atoms with Gasteiger partial charge in [-0.25, -0.2) is 9.59 Å². The predicted molar refractivity (Wildman–Crippen MR) is 191 cm³/mol. The van der Waals surface area contributed by atoms with Crippen molar-refractivity contribution in [1.29, 1.82) is 0 Å². The Labute approximate surface area is 284 Å². The lowest BCUT2D eigenvalue weighted by atomic mass is 9.82. The van der Waals surface area contributed by atoms with Gasteiger partial charge in [-0.15, -0.1) is 0 Å². The van der Waals surface area contributed by atoms with E-state index in [1.165, 1.54) is 11.1 Å². The second-order valence-corrected chi connectivity index (χ2v) is 13.8. The maximum atomic E-state index is 12.9. The lowest BCUT2D eigenvalue weighted by Gasteiger charge is -2.24. The van der Waals surface area contributed by atoms with E-state index < -0.39 is 6.09 Å². The third-order valence-corrected chi connectivity index (χ3v) is 10.0. The van der Waals surface area contributed by atoms with Gasteiger partial charge in [0.05, 0.1) is 5.71 Å². The molecule has 0 bridgehead atoms. The summed E-state index contributed by atoms with van der Waals surface area (Å²) in [6.07, 6.45) is 9.33. The summed E-state index contributed by atoms with van der Waals surface area (Å²) < 4.78 is 0. The number of unbranched alkanes of at least 4 members (excludes halogenated alkanes) is 2. The van der Waals surface area contributed by atoms with E-state index in [9.17, 15) is 9.59 Å². The first-order valence-corrected chi connectivity index (χ1v) is 17.8. The second kappa shape index (κ2) is 15.2. The van der Waals surface area contributed by atoms with Gasteiger partial charge in [0.25, 0.3) is 0 Å². The molecule has 2 heterocycles. The number of likely N-dealkylation sites (tertiary alicyclic amines) is 2. The van der Waals surface area contributed by atoms with Crippen molar-refractivity contribution in [3.05, 3.63) is 94.5 Å². The third-order valence-electron chi connectivity index (χ3n) is 10.0. The Bertz CT molecular complexity index is 1670. The van der Waals surface area contributed by atoms with Crippen molar-refractivity contribution in [3.63, 3.8) is 0 Å². The molecule has 0 unspecified atom stereocenters. The summed E-state index contributed by atoms with van der Waals surface area (Å²) in [4.78, 5) is 40.4. The monoisotopic (exact) mass is 648 g/mol. The van der Waals surface area contributed by atoms with E-state index in [0.29, 0.717) is 18.8 Å². The van der Waals surface area contributed by atoms with Gasteiger partial charge in [-0.05, 0) is 91.3 Å². The molecule has 0 N–H and O–H groups in total. The molecule has 0 saturated carbocycles. The number of carbonyl (C=O) groups is 2. The number of carbonyl (C=O) groups excluding carboxylic acids is 2. The first-order chi connectivity index (χ1) is 23.4. The van der Waals surface area contributed by atoms with Crippen molar-refractivity contribution in [2.24, 2.45) is 10.3 Å². The third kappa shape index (κ3) is 7.33. The molecule has 0 aromatic heterocycles. The predicted octanol–water partition coefficient (Wildman–Crippen LogP) is 9.27. The Morgan fingerprint density at radius 3 is 1.79 bits per heavy atom. The van der Waals surface area contributed by atoms with Crippen molar-refractivity contribution < 1.29 is 19.3 Å². The van der Waals surface area contributed by atoms with Gasteiger partial charge in [0, 0.05) is 42.7 Å². The molecule has 2 fully saturated rings. The van der Waals surface area contributed by atoms with Crippen LogP contribution in [0.5, 0.6) is 0 Å². The minimum absolute atomic E-state index is 0.216. The lowest BCUT2D eigenvalue weighted by Crippen LogP contribution is -2.35. The number of fused-ring (bicyclic) bond motifs is 3. The van der Waals surface area contributed by atoms with Crippen molar-refractivity contribution >= 4 is 23.6 Å². The smallest absolute Gasteiger partial charge is 0.306 e. The highest BCUT2D eigenvalue weighted by Crippen LogP contribution is 2.49. The van der Waals surface area contributed by atoms with Crippen LogP contribution in [0.15, 0.2) is 77.0 Å². The first kappa shape index (κ1) is 33.4. The number of oxime groups is 2. The number of amides is 2. The lowest BCUT2D eigenvalue weighted by molar-refractivity contribution is 0.0975. The highest BCUT2D eigenvalue weighted by atomic mass is 16.7. The van der Waals surface area contributed by atoms with Gasteiger partial charge in [0.1, 0.15) is 5.71 Å². The summed E-state index contributed by atoms with van der Waals surface area (Å²) in [6, 6.07) is 22.8. The van der Waals surface area contributed by atoms with Crippen LogP contribution in [0.4, 0.5) is 9.59 Å². The van der Waals surface area contributed by atoms with Crippen molar-refractivity contribution in [1.82, 2.24) is 9.80 Å². The summed E-state index contributed by atoms with van der Waals surface area (Å²) in [7, 11) is 0. The van der Waals surface area contributed by atoms with Gasteiger partial charge in [0.15, 0.2) is 0 Å². The maximum absolute atomic E-state index is 12.9. The summed E-state index contributed by atoms with van der Waals surface area (Å²) in [5.74, 6) is 0. The van der Waals surface area contributed by atoms with Gasteiger partial charge in [0.2, 0.25) is 0 Å². The van der Waals surface area contributed by atoms with Crippen LogP contribution < -0.4 is 0 Å². The van der Waals surface area contributed by atoms with Gasteiger partial charge < -0.3 is 9.80 Å². The molecule has 1 aliphatic carbocycles. The Morgan fingerprint density at radius 2 is 1.21 bits per heavy atom. The van der Waals surface area contributed by atoms with Crippen LogP contribution in [0, 0.1) is 0 Å². The first-order valence-electron chi connectivity index (χ1n) is 17.8. The number of hydrogen-bond donors (Lipinski definition) is 0. The second-order valence-electron chi connectivity index (χ2n) is 13.8. The SMILES string of the molecule is CCCCC/C(=N\OC(=O)N1CCCCC1)c1ccc2c(c1)-c1cc(/C(=N/OC(=O)N3CCCCC3)c3ccccc3)ccc1C2(C)C.